The van der Waals surface area contributed by atoms with Gasteiger partial charge in [0.2, 0.25) is 0 Å². The van der Waals surface area contributed by atoms with Gasteiger partial charge in [0.1, 0.15) is 0 Å². The molecule has 128 valence electrons. The van der Waals surface area contributed by atoms with Gasteiger partial charge in [-0.05, 0) is 17.7 Å². The predicted molar refractivity (Wildman–Crippen MR) is 101 cm³/mol. The van der Waals surface area contributed by atoms with Crippen LogP contribution in [-0.2, 0) is 4.74 Å². The summed E-state index contributed by atoms with van der Waals surface area (Å²) in [6, 6.07) is 16.0. The van der Waals surface area contributed by atoms with Gasteiger partial charge >= 0.3 is 5.97 Å². The van der Waals surface area contributed by atoms with Gasteiger partial charge < -0.3 is 4.74 Å². The van der Waals surface area contributed by atoms with E-state index in [1.807, 2.05) is 24.3 Å². The van der Waals surface area contributed by atoms with Crippen LogP contribution in [0.3, 0.4) is 0 Å². The number of rotatable bonds is 2. The molecule has 0 unspecified atom stereocenters. The van der Waals surface area contributed by atoms with Crippen LogP contribution >= 0.6 is 11.6 Å². The molecule has 6 heteroatoms. The molecule has 0 aliphatic heterocycles. The molecule has 0 spiro atoms. The topological polar surface area (TPSA) is 60.7 Å². The third kappa shape index (κ3) is 2.45. The zero-order chi connectivity index (χ0) is 18.3. The lowest BCUT2D eigenvalue weighted by Crippen LogP contribution is -2.21. The zero-order valence-corrected chi connectivity index (χ0v) is 14.5. The van der Waals surface area contributed by atoms with Gasteiger partial charge in [-0.3, -0.25) is 4.79 Å². The first-order chi connectivity index (χ1) is 12.6. The summed E-state index contributed by atoms with van der Waals surface area (Å²) in [5.41, 5.74) is 1.29. The van der Waals surface area contributed by atoms with Gasteiger partial charge in [0.25, 0.3) is 5.56 Å². The van der Waals surface area contributed by atoms with Crippen LogP contribution in [-0.4, -0.2) is 22.7 Å². The van der Waals surface area contributed by atoms with Gasteiger partial charge in [-0.1, -0.05) is 54.1 Å². The zero-order valence-electron chi connectivity index (χ0n) is 13.8. The number of esters is 1. The fourth-order valence-corrected chi connectivity index (χ4v) is 3.33. The Hall–Kier alpha value is -3.18. The molecule has 0 radical (unpaired) electrons. The Kier molecular flexibility index (Phi) is 3.93. The van der Waals surface area contributed by atoms with Crippen LogP contribution in [0.5, 0.6) is 0 Å². The van der Waals surface area contributed by atoms with Crippen molar-refractivity contribution in [1.29, 1.82) is 0 Å². The molecule has 0 amide bonds. The molecule has 0 aliphatic rings. The smallest absolute Gasteiger partial charge is 0.340 e. The molecule has 0 bridgehead atoms. The number of aromatic nitrogens is 2. The number of pyridine rings is 1. The molecule has 4 aromatic rings. The predicted octanol–water partition coefficient (Wildman–Crippen LogP) is 3.95. The van der Waals surface area contributed by atoms with E-state index in [1.165, 1.54) is 11.6 Å². The normalized spacial score (nSPS) is 11.0. The third-order valence-corrected chi connectivity index (χ3v) is 4.58. The Morgan fingerprint density at radius 2 is 1.88 bits per heavy atom. The molecule has 0 fully saturated rings. The van der Waals surface area contributed by atoms with Crippen LogP contribution in [0.25, 0.3) is 27.4 Å². The lowest BCUT2D eigenvalue weighted by Gasteiger charge is -2.12. The van der Waals surface area contributed by atoms with Crippen LogP contribution in [0.15, 0.2) is 65.6 Å². The molecule has 2 aromatic carbocycles. The molecule has 0 saturated heterocycles. The second-order valence-corrected chi connectivity index (χ2v) is 6.15. The Bertz CT molecular complexity index is 1220. The summed E-state index contributed by atoms with van der Waals surface area (Å²) in [5.74, 6) is -0.561. The fourth-order valence-electron chi connectivity index (χ4n) is 3.06. The molecule has 5 nitrogen and oxygen atoms in total. The number of carbonyl (C=O) groups is 1. The second-order valence-electron chi connectivity index (χ2n) is 5.74. The maximum absolute atomic E-state index is 13.1. The van der Waals surface area contributed by atoms with E-state index in [-0.39, 0.29) is 11.1 Å². The van der Waals surface area contributed by atoms with Crippen LogP contribution in [0, 0.1) is 0 Å². The minimum Gasteiger partial charge on any atom is -0.465 e. The third-order valence-electron chi connectivity index (χ3n) is 4.26. The van der Waals surface area contributed by atoms with Gasteiger partial charge in [-0.25, -0.2) is 4.79 Å². The van der Waals surface area contributed by atoms with E-state index >= 15 is 0 Å². The largest absolute Gasteiger partial charge is 0.465 e. The van der Waals surface area contributed by atoms with Gasteiger partial charge in [0.05, 0.1) is 29.4 Å². The molecule has 0 atom stereocenters. The lowest BCUT2D eigenvalue weighted by atomic mass is 10.0. The summed E-state index contributed by atoms with van der Waals surface area (Å²) in [7, 11) is 1.30. The number of ether oxygens (including phenoxy) is 1. The highest BCUT2D eigenvalue weighted by atomic mass is 35.5. The minimum absolute atomic E-state index is 0.233. The van der Waals surface area contributed by atoms with Gasteiger partial charge in [0, 0.05) is 16.3 Å². The Balaban J connectivity index is 2.23. The van der Waals surface area contributed by atoms with Crippen molar-refractivity contribution in [2.24, 2.45) is 0 Å². The van der Waals surface area contributed by atoms with Crippen molar-refractivity contribution in [1.82, 2.24) is 9.61 Å². The van der Waals surface area contributed by atoms with E-state index in [1.54, 1.807) is 36.5 Å². The van der Waals surface area contributed by atoms with Crippen molar-refractivity contribution < 1.29 is 9.53 Å². The molecule has 0 aliphatic carbocycles. The Morgan fingerprint density at radius 1 is 1.12 bits per heavy atom. The summed E-state index contributed by atoms with van der Waals surface area (Å²) in [6.45, 7) is 0. The van der Waals surface area contributed by atoms with Crippen molar-refractivity contribution in [3.8, 4) is 11.1 Å². The molecular weight excluding hydrogens is 352 g/mol. The van der Waals surface area contributed by atoms with Crippen molar-refractivity contribution in [2.75, 3.05) is 7.11 Å². The first-order valence-electron chi connectivity index (χ1n) is 7.89. The highest BCUT2D eigenvalue weighted by Gasteiger charge is 2.20. The van der Waals surface area contributed by atoms with Crippen molar-refractivity contribution >= 4 is 33.9 Å². The highest BCUT2D eigenvalue weighted by molar-refractivity contribution is 6.37. The van der Waals surface area contributed by atoms with Crippen LogP contribution in [0.1, 0.15) is 10.4 Å². The van der Waals surface area contributed by atoms with Crippen LogP contribution < -0.4 is 5.56 Å². The van der Waals surface area contributed by atoms with Gasteiger partial charge in [-0.15, -0.1) is 0 Å². The number of hydrogen-bond donors (Lipinski definition) is 0. The number of nitrogens with zero attached hydrogens (tertiary/aromatic N) is 2. The number of hydrogen-bond acceptors (Lipinski definition) is 4. The summed E-state index contributed by atoms with van der Waals surface area (Å²) in [6.07, 6.45) is 1.56. The molecule has 2 aromatic heterocycles. The first-order valence-corrected chi connectivity index (χ1v) is 8.26. The summed E-state index contributed by atoms with van der Waals surface area (Å²) < 4.78 is 6.15. The van der Waals surface area contributed by atoms with Crippen molar-refractivity contribution in [3.63, 3.8) is 0 Å². The first kappa shape index (κ1) is 16.3. The monoisotopic (exact) mass is 364 g/mol. The number of carbonyl (C=O) groups excluding carboxylic acids is 1. The molecule has 0 N–H and O–H groups in total. The standard InChI is InChI=1S/C20H13ClN2O3/c1-26-20(25)15-10-14(12-6-3-2-4-7-12)19(24)23-18(15)17-13(11-22-23)8-5-9-16(17)21/h2-11H,1H3. The van der Waals surface area contributed by atoms with Crippen LogP contribution in [0.2, 0.25) is 5.02 Å². The fraction of sp³-hybridized carbons (Fsp3) is 0.0500. The summed E-state index contributed by atoms with van der Waals surface area (Å²) >= 11 is 6.37. The molecule has 0 saturated carbocycles. The summed E-state index contributed by atoms with van der Waals surface area (Å²) in [4.78, 5) is 25.5. The Labute approximate surface area is 153 Å². The molecule has 4 rings (SSSR count). The average Bonchev–Trinajstić information content (AvgIpc) is 2.68. The SMILES string of the molecule is COC(=O)c1cc(-c2ccccc2)c(=O)n2ncc3cccc(Cl)c3c12. The average molecular weight is 365 g/mol. The quantitative estimate of drug-likeness (QED) is 0.399. The molecule has 26 heavy (non-hydrogen) atoms. The van der Waals surface area contributed by atoms with E-state index < -0.39 is 5.97 Å². The molecule has 2 heterocycles. The van der Waals surface area contributed by atoms with Crippen LogP contribution in [0.4, 0.5) is 0 Å². The van der Waals surface area contributed by atoms with Gasteiger partial charge in [-0.2, -0.15) is 9.61 Å². The number of benzene rings is 2. The molecular formula is C20H13ClN2O3. The second kappa shape index (κ2) is 6.28. The van der Waals surface area contributed by atoms with E-state index in [0.29, 0.717) is 27.1 Å². The Morgan fingerprint density at radius 3 is 2.62 bits per heavy atom. The number of halogens is 1. The van der Waals surface area contributed by atoms with Crippen molar-refractivity contribution in [2.45, 2.75) is 0 Å². The van der Waals surface area contributed by atoms with E-state index in [2.05, 4.69) is 5.10 Å². The lowest BCUT2D eigenvalue weighted by molar-refractivity contribution is 0.0602. The summed E-state index contributed by atoms with van der Waals surface area (Å²) in [5, 5.41) is 6.00. The van der Waals surface area contributed by atoms with Gasteiger partial charge in [0.15, 0.2) is 0 Å². The maximum atomic E-state index is 13.1. The number of methoxy groups -OCH3 is 1. The highest BCUT2D eigenvalue weighted by Crippen LogP contribution is 2.30. The van der Waals surface area contributed by atoms with E-state index in [9.17, 15) is 9.59 Å². The van der Waals surface area contributed by atoms with Crippen molar-refractivity contribution in [3.05, 3.63) is 81.7 Å². The van der Waals surface area contributed by atoms with E-state index in [0.717, 1.165) is 5.39 Å². The maximum Gasteiger partial charge on any atom is 0.340 e. The van der Waals surface area contributed by atoms with E-state index in [4.69, 9.17) is 16.3 Å². The number of fused-ring (bicyclic) bond motifs is 3. The minimum atomic E-state index is -0.561.